The van der Waals surface area contributed by atoms with Crippen molar-refractivity contribution in [3.8, 4) is 11.4 Å². The van der Waals surface area contributed by atoms with Crippen molar-refractivity contribution in [1.29, 1.82) is 0 Å². The molecule has 1 heterocycles. The molecular formula is C19H20N6O2. The number of aromatic nitrogens is 4. The zero-order chi connectivity index (χ0) is 19.1. The van der Waals surface area contributed by atoms with E-state index < -0.39 is 0 Å². The van der Waals surface area contributed by atoms with Gasteiger partial charge in [-0.05, 0) is 77.9 Å². The van der Waals surface area contributed by atoms with Gasteiger partial charge in [0.15, 0.2) is 0 Å². The highest BCUT2D eigenvalue weighted by Crippen LogP contribution is 2.13. The van der Waals surface area contributed by atoms with Gasteiger partial charge in [0.05, 0.1) is 18.0 Å². The summed E-state index contributed by atoms with van der Waals surface area (Å²) in [6.07, 6.45) is 2.45. The van der Waals surface area contributed by atoms with Gasteiger partial charge >= 0.3 is 0 Å². The molecule has 0 bridgehead atoms. The molecule has 0 atom stereocenters. The fourth-order valence-electron chi connectivity index (χ4n) is 2.32. The molecule has 0 aliphatic rings. The molecule has 0 unspecified atom stereocenters. The largest absolute Gasteiger partial charge is 0.494 e. The molecule has 3 aromatic rings. The Bertz CT molecular complexity index is 902. The highest BCUT2D eigenvalue weighted by atomic mass is 16.5. The molecule has 3 rings (SSSR count). The van der Waals surface area contributed by atoms with Crippen molar-refractivity contribution in [1.82, 2.24) is 25.6 Å². The molecule has 2 aromatic carbocycles. The number of rotatable bonds is 7. The predicted molar refractivity (Wildman–Crippen MR) is 101 cm³/mol. The van der Waals surface area contributed by atoms with Crippen molar-refractivity contribution in [2.45, 2.75) is 20.3 Å². The summed E-state index contributed by atoms with van der Waals surface area (Å²) < 4.78 is 7.07. The van der Waals surface area contributed by atoms with Gasteiger partial charge in [0.2, 0.25) is 0 Å². The number of amides is 1. The third kappa shape index (κ3) is 4.75. The zero-order valence-corrected chi connectivity index (χ0v) is 15.2. The Hall–Kier alpha value is -3.55. The van der Waals surface area contributed by atoms with Crippen LogP contribution in [0, 0.1) is 0 Å². The van der Waals surface area contributed by atoms with Crippen molar-refractivity contribution < 1.29 is 9.53 Å². The summed E-state index contributed by atoms with van der Waals surface area (Å²) in [6, 6.07) is 14.5. The van der Waals surface area contributed by atoms with Crippen LogP contribution in [0.15, 0.2) is 60.0 Å². The third-order valence-corrected chi connectivity index (χ3v) is 3.81. The zero-order valence-electron chi connectivity index (χ0n) is 15.2. The molecule has 0 spiro atoms. The average Bonchev–Trinajstić information content (AvgIpc) is 3.25. The van der Waals surface area contributed by atoms with E-state index in [-0.39, 0.29) is 5.91 Å². The van der Waals surface area contributed by atoms with E-state index in [1.165, 1.54) is 11.0 Å². The van der Waals surface area contributed by atoms with Crippen LogP contribution < -0.4 is 10.2 Å². The van der Waals surface area contributed by atoms with E-state index in [0.717, 1.165) is 23.4 Å². The monoisotopic (exact) mass is 364 g/mol. The molecule has 1 N–H and O–H groups in total. The molecule has 1 amide bonds. The molecule has 1 aromatic heterocycles. The molecule has 0 saturated heterocycles. The fraction of sp³-hybridized carbons (Fsp3) is 0.211. The second-order valence-electron chi connectivity index (χ2n) is 5.81. The summed E-state index contributed by atoms with van der Waals surface area (Å²) in [6.45, 7) is 4.59. The Kier molecular flexibility index (Phi) is 5.88. The summed E-state index contributed by atoms with van der Waals surface area (Å²) in [4.78, 5) is 12.3. The Labute approximate surface area is 156 Å². The third-order valence-electron chi connectivity index (χ3n) is 3.81. The number of nitrogens with one attached hydrogen (secondary N) is 1. The van der Waals surface area contributed by atoms with Gasteiger partial charge in [-0.1, -0.05) is 6.92 Å². The number of tetrazole rings is 1. The fourth-order valence-corrected chi connectivity index (χ4v) is 2.32. The second kappa shape index (κ2) is 8.70. The lowest BCUT2D eigenvalue weighted by Gasteiger charge is -2.06. The van der Waals surface area contributed by atoms with E-state index in [2.05, 4.69) is 33.0 Å². The minimum atomic E-state index is -0.291. The quantitative estimate of drug-likeness (QED) is 0.514. The highest BCUT2D eigenvalue weighted by Gasteiger charge is 2.06. The number of ether oxygens (including phenoxy) is 1. The van der Waals surface area contributed by atoms with Gasteiger partial charge in [-0.15, -0.1) is 5.10 Å². The number of hydrogen-bond donors (Lipinski definition) is 1. The van der Waals surface area contributed by atoms with Gasteiger partial charge in [-0.25, -0.2) is 10.1 Å². The Morgan fingerprint density at radius 2 is 1.81 bits per heavy atom. The molecular weight excluding hydrogens is 344 g/mol. The minimum Gasteiger partial charge on any atom is -0.494 e. The molecule has 0 fully saturated rings. The molecule has 138 valence electrons. The van der Waals surface area contributed by atoms with Crippen molar-refractivity contribution >= 4 is 11.6 Å². The van der Waals surface area contributed by atoms with Gasteiger partial charge in [-0.3, -0.25) is 4.79 Å². The first kappa shape index (κ1) is 18.2. The predicted octanol–water partition coefficient (Wildman–Crippen LogP) is 2.61. The summed E-state index contributed by atoms with van der Waals surface area (Å²) in [5.74, 6) is 0.528. The highest BCUT2D eigenvalue weighted by molar-refractivity contribution is 6.00. The lowest BCUT2D eigenvalue weighted by atomic mass is 10.1. The van der Waals surface area contributed by atoms with E-state index in [1.807, 2.05) is 31.2 Å². The molecule has 8 nitrogen and oxygen atoms in total. The van der Waals surface area contributed by atoms with E-state index >= 15 is 0 Å². The lowest BCUT2D eigenvalue weighted by Crippen LogP contribution is -2.19. The average molecular weight is 364 g/mol. The second-order valence-corrected chi connectivity index (χ2v) is 5.81. The molecule has 0 radical (unpaired) electrons. The summed E-state index contributed by atoms with van der Waals surface area (Å²) in [5.41, 5.74) is 5.44. The van der Waals surface area contributed by atoms with Crippen LogP contribution in [0.5, 0.6) is 5.75 Å². The first-order valence-corrected chi connectivity index (χ1v) is 8.58. The minimum absolute atomic E-state index is 0.291. The van der Waals surface area contributed by atoms with Gasteiger partial charge < -0.3 is 4.74 Å². The van der Waals surface area contributed by atoms with E-state index in [0.29, 0.717) is 17.9 Å². The number of nitrogens with zero attached hydrogens (tertiary/aromatic N) is 5. The maximum Gasteiger partial charge on any atom is 0.271 e. The number of carbonyl (C=O) groups excluding carboxylic acids is 1. The van der Waals surface area contributed by atoms with Crippen LogP contribution >= 0.6 is 0 Å². The maximum atomic E-state index is 12.3. The van der Waals surface area contributed by atoms with Gasteiger partial charge in [0, 0.05) is 5.56 Å². The van der Waals surface area contributed by atoms with E-state index in [4.69, 9.17) is 4.74 Å². The van der Waals surface area contributed by atoms with Crippen molar-refractivity contribution in [3.63, 3.8) is 0 Å². The van der Waals surface area contributed by atoms with Crippen LogP contribution in [0.4, 0.5) is 0 Å². The lowest BCUT2D eigenvalue weighted by molar-refractivity contribution is 0.0955. The Morgan fingerprint density at radius 1 is 1.11 bits per heavy atom. The van der Waals surface area contributed by atoms with Crippen LogP contribution in [0.3, 0.4) is 0 Å². The Morgan fingerprint density at radius 3 is 2.44 bits per heavy atom. The van der Waals surface area contributed by atoms with Crippen LogP contribution in [-0.4, -0.2) is 38.4 Å². The number of benzene rings is 2. The van der Waals surface area contributed by atoms with E-state index in [1.54, 1.807) is 24.3 Å². The summed E-state index contributed by atoms with van der Waals surface area (Å²) in [7, 11) is 0. The Balaban J connectivity index is 1.61. The first-order chi connectivity index (χ1) is 13.2. The van der Waals surface area contributed by atoms with Crippen LogP contribution in [0.2, 0.25) is 0 Å². The van der Waals surface area contributed by atoms with Crippen molar-refractivity contribution in [2.24, 2.45) is 5.10 Å². The first-order valence-electron chi connectivity index (χ1n) is 8.58. The number of hydrazone groups is 1. The van der Waals surface area contributed by atoms with Crippen molar-refractivity contribution in [2.75, 3.05) is 6.61 Å². The molecule has 0 aliphatic heterocycles. The summed E-state index contributed by atoms with van der Waals surface area (Å²) in [5, 5.41) is 15.1. The van der Waals surface area contributed by atoms with Crippen LogP contribution in [0.25, 0.3) is 5.69 Å². The van der Waals surface area contributed by atoms with Crippen LogP contribution in [0.1, 0.15) is 36.2 Å². The molecule has 27 heavy (non-hydrogen) atoms. The summed E-state index contributed by atoms with van der Waals surface area (Å²) >= 11 is 0. The normalized spacial score (nSPS) is 11.3. The van der Waals surface area contributed by atoms with Gasteiger partial charge in [0.25, 0.3) is 5.91 Å². The topological polar surface area (TPSA) is 94.3 Å². The number of hydrogen-bond acceptors (Lipinski definition) is 6. The van der Waals surface area contributed by atoms with E-state index in [9.17, 15) is 4.79 Å². The van der Waals surface area contributed by atoms with Gasteiger partial charge in [0.1, 0.15) is 12.1 Å². The van der Waals surface area contributed by atoms with Crippen LogP contribution in [-0.2, 0) is 0 Å². The van der Waals surface area contributed by atoms with Crippen molar-refractivity contribution in [3.05, 3.63) is 66.0 Å². The SMILES string of the molecule is CCCOc1ccc(/C(C)=N/NC(=O)c2ccc(-n3cnnn3)cc2)cc1. The number of carbonyl (C=O) groups is 1. The maximum absolute atomic E-state index is 12.3. The molecule has 8 heteroatoms. The van der Waals surface area contributed by atoms with Gasteiger partial charge in [-0.2, -0.15) is 5.10 Å². The standard InChI is InChI=1S/C19H20N6O2/c1-3-12-27-18-10-6-15(7-11-18)14(2)21-22-19(26)16-4-8-17(9-5-16)25-13-20-23-24-25/h4-11,13H,3,12H2,1-2H3,(H,22,26)/b21-14+. The molecule has 0 aliphatic carbocycles. The smallest absolute Gasteiger partial charge is 0.271 e. The molecule has 0 saturated carbocycles.